The Hall–Kier alpha value is -1.29. The number of nitrogens with one attached hydrogen (secondary N) is 1. The van der Waals surface area contributed by atoms with E-state index < -0.39 is 0 Å². The lowest BCUT2D eigenvalue weighted by Crippen LogP contribution is -2.46. The predicted octanol–water partition coefficient (Wildman–Crippen LogP) is 2.08. The van der Waals surface area contributed by atoms with Crippen LogP contribution < -0.4 is 11.2 Å². The summed E-state index contributed by atoms with van der Waals surface area (Å²) >= 11 is 0. The van der Waals surface area contributed by atoms with Gasteiger partial charge in [0, 0.05) is 17.9 Å². The maximum atomic E-state index is 12.5. The van der Waals surface area contributed by atoms with Crippen LogP contribution in [0.5, 0.6) is 0 Å². The van der Waals surface area contributed by atoms with E-state index >= 15 is 0 Å². The highest BCUT2D eigenvalue weighted by atomic mass is 16.2. The van der Waals surface area contributed by atoms with Crippen LogP contribution in [0.25, 0.3) is 0 Å². The van der Waals surface area contributed by atoms with Crippen LogP contribution in [0.15, 0.2) is 12.1 Å². The molecule has 0 unspecified atom stereocenters. The van der Waals surface area contributed by atoms with Crippen LogP contribution in [0.1, 0.15) is 43.5 Å². The molecule has 18 heavy (non-hydrogen) atoms. The molecule has 1 aliphatic carbocycles. The molecule has 0 spiro atoms. The second-order valence-electron chi connectivity index (χ2n) is 5.44. The van der Waals surface area contributed by atoms with E-state index in [-0.39, 0.29) is 11.3 Å². The molecule has 1 amide bonds. The van der Waals surface area contributed by atoms with E-state index in [2.05, 4.69) is 5.43 Å². The fourth-order valence-corrected chi connectivity index (χ4v) is 2.82. The van der Waals surface area contributed by atoms with Crippen LogP contribution in [0.3, 0.4) is 0 Å². The van der Waals surface area contributed by atoms with Gasteiger partial charge in [0.2, 0.25) is 5.91 Å². The number of rotatable bonds is 3. The molecule has 0 saturated heterocycles. The molecule has 1 heterocycles. The molecule has 1 fully saturated rings. The first-order valence-corrected chi connectivity index (χ1v) is 6.75. The Labute approximate surface area is 109 Å². The van der Waals surface area contributed by atoms with Gasteiger partial charge in [-0.3, -0.25) is 14.9 Å². The molecule has 0 radical (unpaired) electrons. The number of carbonyl (C=O) groups is 1. The molecule has 0 aromatic carbocycles. The van der Waals surface area contributed by atoms with Crippen molar-refractivity contribution < 1.29 is 4.79 Å². The highest BCUT2D eigenvalue weighted by Gasteiger charge is 2.38. The van der Waals surface area contributed by atoms with E-state index in [0.29, 0.717) is 6.54 Å². The third-order valence-corrected chi connectivity index (χ3v) is 4.17. The molecule has 3 N–H and O–H groups in total. The van der Waals surface area contributed by atoms with Gasteiger partial charge < -0.3 is 5.73 Å². The van der Waals surface area contributed by atoms with Crippen molar-refractivity contribution in [3.8, 4) is 0 Å². The molecule has 100 valence electrons. The summed E-state index contributed by atoms with van der Waals surface area (Å²) in [6.45, 7) is 4.42. The molecule has 1 saturated carbocycles. The molecule has 4 heteroatoms. The SMILES string of the molecule is Cc1ccc(C)n1NC(=O)C1(CN)CCCCC1. The number of carbonyl (C=O) groups excluding carboxylic acids is 1. The smallest absolute Gasteiger partial charge is 0.246 e. The van der Waals surface area contributed by atoms with Gasteiger partial charge in [-0.05, 0) is 38.8 Å². The van der Waals surface area contributed by atoms with Crippen molar-refractivity contribution in [1.82, 2.24) is 4.68 Å². The van der Waals surface area contributed by atoms with Crippen molar-refractivity contribution in [2.45, 2.75) is 46.0 Å². The minimum Gasteiger partial charge on any atom is -0.329 e. The molecule has 1 aromatic heterocycles. The van der Waals surface area contributed by atoms with E-state index in [0.717, 1.165) is 37.1 Å². The van der Waals surface area contributed by atoms with Gasteiger partial charge in [0.15, 0.2) is 0 Å². The van der Waals surface area contributed by atoms with E-state index in [9.17, 15) is 4.79 Å². The number of nitrogens with zero attached hydrogens (tertiary/aromatic N) is 1. The first-order chi connectivity index (χ1) is 8.59. The topological polar surface area (TPSA) is 60.0 Å². The number of aryl methyl sites for hydroxylation is 2. The van der Waals surface area contributed by atoms with Crippen LogP contribution in [0.2, 0.25) is 0 Å². The standard InChI is InChI=1S/C14H23N3O/c1-11-6-7-12(2)17(11)16-13(18)14(10-15)8-4-3-5-9-14/h6-7H,3-5,8-10,15H2,1-2H3,(H,16,18). The largest absolute Gasteiger partial charge is 0.329 e. The summed E-state index contributed by atoms with van der Waals surface area (Å²) in [5, 5.41) is 0. The fraction of sp³-hybridized carbons (Fsp3) is 0.643. The van der Waals surface area contributed by atoms with Gasteiger partial charge in [-0.25, -0.2) is 0 Å². The Balaban J connectivity index is 2.15. The summed E-state index contributed by atoms with van der Waals surface area (Å²) in [6, 6.07) is 4.01. The van der Waals surface area contributed by atoms with E-state index in [4.69, 9.17) is 5.73 Å². The van der Waals surface area contributed by atoms with Crippen molar-refractivity contribution in [3.63, 3.8) is 0 Å². The number of aromatic nitrogens is 1. The summed E-state index contributed by atoms with van der Waals surface area (Å²) < 4.78 is 1.86. The first kappa shape index (κ1) is 13.1. The van der Waals surface area contributed by atoms with Crippen molar-refractivity contribution in [1.29, 1.82) is 0 Å². The number of nitrogens with two attached hydrogens (primary N) is 1. The van der Waals surface area contributed by atoms with Gasteiger partial charge in [-0.1, -0.05) is 19.3 Å². The van der Waals surface area contributed by atoms with E-state index in [1.165, 1.54) is 6.42 Å². The van der Waals surface area contributed by atoms with Crippen LogP contribution in [0, 0.1) is 19.3 Å². The zero-order chi connectivity index (χ0) is 13.2. The Morgan fingerprint density at radius 1 is 1.28 bits per heavy atom. The highest BCUT2D eigenvalue weighted by molar-refractivity contribution is 5.90. The molecule has 0 bridgehead atoms. The Morgan fingerprint density at radius 2 is 1.83 bits per heavy atom. The molecule has 0 atom stereocenters. The van der Waals surface area contributed by atoms with Crippen LogP contribution in [-0.2, 0) is 4.79 Å². The monoisotopic (exact) mass is 249 g/mol. The average molecular weight is 249 g/mol. The minimum absolute atomic E-state index is 0.0760. The normalized spacial score (nSPS) is 18.6. The Kier molecular flexibility index (Phi) is 3.76. The predicted molar refractivity (Wildman–Crippen MR) is 72.8 cm³/mol. The van der Waals surface area contributed by atoms with E-state index in [1.807, 2.05) is 30.7 Å². The molecule has 2 rings (SSSR count). The summed E-state index contributed by atoms with van der Waals surface area (Å²) in [6.07, 6.45) is 5.25. The Morgan fingerprint density at radius 3 is 2.33 bits per heavy atom. The van der Waals surface area contributed by atoms with Gasteiger partial charge in [-0.2, -0.15) is 0 Å². The third-order valence-electron chi connectivity index (χ3n) is 4.17. The van der Waals surface area contributed by atoms with Crippen molar-refractivity contribution >= 4 is 5.91 Å². The summed E-state index contributed by atoms with van der Waals surface area (Å²) in [4.78, 5) is 12.5. The van der Waals surface area contributed by atoms with Gasteiger partial charge in [0.05, 0.1) is 5.41 Å². The number of hydrogen-bond donors (Lipinski definition) is 2. The quantitative estimate of drug-likeness (QED) is 0.861. The van der Waals surface area contributed by atoms with Gasteiger partial charge in [0.1, 0.15) is 0 Å². The summed E-state index contributed by atoms with van der Waals surface area (Å²) in [5.41, 5.74) is 10.6. The van der Waals surface area contributed by atoms with Gasteiger partial charge in [0.25, 0.3) is 0 Å². The second kappa shape index (κ2) is 5.14. The summed E-state index contributed by atoms with van der Waals surface area (Å²) in [5.74, 6) is 0.0760. The fourth-order valence-electron chi connectivity index (χ4n) is 2.82. The average Bonchev–Trinajstić information content (AvgIpc) is 2.71. The van der Waals surface area contributed by atoms with Crippen LogP contribution in [-0.4, -0.2) is 17.1 Å². The maximum Gasteiger partial charge on any atom is 0.246 e. The van der Waals surface area contributed by atoms with Crippen molar-refractivity contribution in [2.24, 2.45) is 11.1 Å². The number of amides is 1. The minimum atomic E-state index is -0.360. The molecular formula is C14H23N3O. The first-order valence-electron chi connectivity index (χ1n) is 6.75. The van der Waals surface area contributed by atoms with E-state index in [1.54, 1.807) is 0 Å². The Bertz CT molecular complexity index is 411. The lowest BCUT2D eigenvalue weighted by atomic mass is 9.73. The molecular weight excluding hydrogens is 226 g/mol. The third kappa shape index (κ3) is 2.29. The van der Waals surface area contributed by atoms with Gasteiger partial charge >= 0.3 is 0 Å². The van der Waals surface area contributed by atoms with Crippen molar-refractivity contribution in [2.75, 3.05) is 12.0 Å². The molecule has 0 aliphatic heterocycles. The van der Waals surface area contributed by atoms with Crippen LogP contribution >= 0.6 is 0 Å². The van der Waals surface area contributed by atoms with Gasteiger partial charge in [-0.15, -0.1) is 0 Å². The maximum absolute atomic E-state index is 12.5. The molecule has 1 aromatic rings. The summed E-state index contributed by atoms with van der Waals surface area (Å²) in [7, 11) is 0. The van der Waals surface area contributed by atoms with Crippen molar-refractivity contribution in [3.05, 3.63) is 23.5 Å². The lowest BCUT2D eigenvalue weighted by Gasteiger charge is -2.35. The number of hydrogen-bond acceptors (Lipinski definition) is 2. The second-order valence-corrected chi connectivity index (χ2v) is 5.44. The zero-order valence-corrected chi connectivity index (χ0v) is 11.3. The zero-order valence-electron chi connectivity index (χ0n) is 11.3. The molecule has 1 aliphatic rings. The highest BCUT2D eigenvalue weighted by Crippen LogP contribution is 2.35. The molecule has 4 nitrogen and oxygen atoms in total. The van der Waals surface area contributed by atoms with Crippen LogP contribution in [0.4, 0.5) is 0 Å². The lowest BCUT2D eigenvalue weighted by molar-refractivity contribution is -0.127.